The molecule has 1 aliphatic heterocycles. The Kier molecular flexibility index (Phi) is 4.15. The summed E-state index contributed by atoms with van der Waals surface area (Å²) in [4.78, 5) is 0. The average Bonchev–Trinajstić information content (AvgIpc) is 2.31. The van der Waals surface area contributed by atoms with E-state index in [9.17, 15) is 5.11 Å². The Morgan fingerprint density at radius 1 is 1.29 bits per heavy atom. The lowest BCUT2D eigenvalue weighted by Gasteiger charge is -2.33. The predicted molar refractivity (Wildman–Crippen MR) is 72.0 cm³/mol. The third-order valence-corrected chi connectivity index (χ3v) is 3.64. The van der Waals surface area contributed by atoms with Crippen LogP contribution in [-0.2, 0) is 0 Å². The maximum atomic E-state index is 10.3. The number of hydrogen-bond acceptors (Lipinski definition) is 3. The molecule has 0 radical (unpaired) electrons. The van der Waals surface area contributed by atoms with E-state index in [0.717, 1.165) is 31.6 Å². The van der Waals surface area contributed by atoms with E-state index >= 15 is 0 Å². The van der Waals surface area contributed by atoms with Crippen molar-refractivity contribution in [3.05, 3.63) is 28.2 Å². The van der Waals surface area contributed by atoms with Gasteiger partial charge in [0.2, 0.25) is 0 Å². The van der Waals surface area contributed by atoms with Crippen LogP contribution in [0.3, 0.4) is 0 Å². The van der Waals surface area contributed by atoms with E-state index < -0.39 is 5.60 Å². The second-order valence-electron chi connectivity index (χ2n) is 4.45. The van der Waals surface area contributed by atoms with Crippen LogP contribution in [0.5, 0.6) is 0 Å². The minimum Gasteiger partial charge on any atom is -0.388 e. The van der Waals surface area contributed by atoms with E-state index in [1.807, 2.05) is 0 Å². The number of aliphatic hydroxyl groups is 1. The molecule has 2 rings (SSSR count). The van der Waals surface area contributed by atoms with Crippen molar-refractivity contribution >= 4 is 28.9 Å². The number of halogens is 2. The molecule has 1 aromatic rings. The summed E-state index contributed by atoms with van der Waals surface area (Å²) in [5, 5.41) is 18.0. The molecule has 1 heterocycles. The fourth-order valence-electron chi connectivity index (χ4n) is 1.96. The van der Waals surface area contributed by atoms with Crippen molar-refractivity contribution in [1.29, 1.82) is 0 Å². The summed E-state index contributed by atoms with van der Waals surface area (Å²) in [6.45, 7) is 2.19. The Bertz CT molecular complexity index is 392. The molecule has 17 heavy (non-hydrogen) atoms. The van der Waals surface area contributed by atoms with E-state index in [2.05, 4.69) is 10.6 Å². The van der Waals surface area contributed by atoms with Gasteiger partial charge < -0.3 is 15.7 Å². The molecule has 1 aromatic carbocycles. The largest absolute Gasteiger partial charge is 0.388 e. The lowest BCUT2D eigenvalue weighted by atomic mass is 9.92. The lowest BCUT2D eigenvalue weighted by molar-refractivity contribution is 0.0232. The smallest absolute Gasteiger partial charge is 0.0843 e. The van der Waals surface area contributed by atoms with Crippen LogP contribution in [0.4, 0.5) is 5.69 Å². The molecule has 0 amide bonds. The zero-order chi connectivity index (χ0) is 12.3. The number of hydrogen-bond donors (Lipinski definition) is 3. The van der Waals surface area contributed by atoms with Crippen LogP contribution >= 0.6 is 23.2 Å². The summed E-state index contributed by atoms with van der Waals surface area (Å²) in [5.74, 6) is 0. The van der Waals surface area contributed by atoms with Crippen LogP contribution in [0.2, 0.25) is 10.0 Å². The predicted octanol–water partition coefficient (Wildman–Crippen LogP) is 2.52. The van der Waals surface area contributed by atoms with Crippen molar-refractivity contribution in [2.45, 2.75) is 18.4 Å². The van der Waals surface area contributed by atoms with Crippen LogP contribution in [0, 0.1) is 0 Å². The summed E-state index contributed by atoms with van der Waals surface area (Å²) < 4.78 is 0. The van der Waals surface area contributed by atoms with Crippen LogP contribution in [0.25, 0.3) is 0 Å². The fourth-order valence-corrected chi connectivity index (χ4v) is 2.32. The number of benzene rings is 1. The van der Waals surface area contributed by atoms with E-state index in [-0.39, 0.29) is 0 Å². The fraction of sp³-hybridized carbons (Fsp3) is 0.500. The zero-order valence-electron chi connectivity index (χ0n) is 9.47. The van der Waals surface area contributed by atoms with Gasteiger partial charge in [0.05, 0.1) is 16.3 Å². The number of nitrogens with one attached hydrogen (secondary N) is 2. The number of piperidine rings is 1. The van der Waals surface area contributed by atoms with Crippen molar-refractivity contribution in [3.8, 4) is 0 Å². The van der Waals surface area contributed by atoms with Gasteiger partial charge in [0.15, 0.2) is 0 Å². The van der Waals surface area contributed by atoms with Crippen molar-refractivity contribution in [3.63, 3.8) is 0 Å². The van der Waals surface area contributed by atoms with Gasteiger partial charge in [-0.3, -0.25) is 0 Å². The molecular weight excluding hydrogens is 259 g/mol. The maximum Gasteiger partial charge on any atom is 0.0843 e. The third kappa shape index (κ3) is 3.49. The number of rotatable bonds is 3. The SMILES string of the molecule is OC1(CNc2cc(Cl)ccc2Cl)CCNCC1. The molecule has 3 nitrogen and oxygen atoms in total. The Morgan fingerprint density at radius 3 is 2.71 bits per heavy atom. The van der Waals surface area contributed by atoms with Crippen molar-refractivity contribution in [2.24, 2.45) is 0 Å². The highest BCUT2D eigenvalue weighted by atomic mass is 35.5. The Morgan fingerprint density at radius 2 is 2.00 bits per heavy atom. The molecule has 94 valence electrons. The minimum absolute atomic E-state index is 0.495. The van der Waals surface area contributed by atoms with Gasteiger partial charge in [0.25, 0.3) is 0 Å². The molecule has 0 saturated carbocycles. The topological polar surface area (TPSA) is 44.3 Å². The minimum atomic E-state index is -0.656. The first kappa shape index (κ1) is 13.0. The quantitative estimate of drug-likeness (QED) is 0.794. The Balaban J connectivity index is 1.99. The zero-order valence-corrected chi connectivity index (χ0v) is 11.0. The molecule has 0 bridgehead atoms. The first-order chi connectivity index (χ1) is 8.09. The van der Waals surface area contributed by atoms with Crippen molar-refractivity contribution in [2.75, 3.05) is 25.0 Å². The number of anilines is 1. The normalized spacial score (nSPS) is 19.0. The van der Waals surface area contributed by atoms with Gasteiger partial charge in [0.1, 0.15) is 0 Å². The van der Waals surface area contributed by atoms with Gasteiger partial charge in [-0.15, -0.1) is 0 Å². The van der Waals surface area contributed by atoms with Crippen LogP contribution in [0.15, 0.2) is 18.2 Å². The summed E-state index contributed by atoms with van der Waals surface area (Å²) >= 11 is 11.9. The lowest BCUT2D eigenvalue weighted by Crippen LogP contribution is -2.46. The van der Waals surface area contributed by atoms with Crippen molar-refractivity contribution in [1.82, 2.24) is 5.32 Å². The second kappa shape index (κ2) is 5.44. The Labute approximate surface area is 111 Å². The molecule has 1 saturated heterocycles. The maximum absolute atomic E-state index is 10.3. The van der Waals surface area contributed by atoms with E-state index in [1.54, 1.807) is 18.2 Å². The van der Waals surface area contributed by atoms with Crippen LogP contribution < -0.4 is 10.6 Å². The average molecular weight is 275 g/mol. The summed E-state index contributed by atoms with van der Waals surface area (Å²) in [5.41, 5.74) is 0.114. The molecule has 0 aliphatic carbocycles. The van der Waals surface area contributed by atoms with E-state index in [1.165, 1.54) is 0 Å². The first-order valence-corrected chi connectivity index (χ1v) is 6.47. The van der Waals surface area contributed by atoms with Gasteiger partial charge >= 0.3 is 0 Å². The molecule has 1 fully saturated rings. The molecule has 3 N–H and O–H groups in total. The van der Waals surface area contributed by atoms with Crippen molar-refractivity contribution < 1.29 is 5.11 Å². The van der Waals surface area contributed by atoms with Crippen LogP contribution in [-0.4, -0.2) is 30.3 Å². The molecule has 0 aromatic heterocycles. The first-order valence-electron chi connectivity index (χ1n) is 5.71. The molecular formula is C12H16Cl2N2O. The highest BCUT2D eigenvalue weighted by molar-refractivity contribution is 6.35. The monoisotopic (exact) mass is 274 g/mol. The van der Waals surface area contributed by atoms with Gasteiger partial charge in [-0.05, 0) is 44.1 Å². The molecule has 1 aliphatic rings. The highest BCUT2D eigenvalue weighted by Crippen LogP contribution is 2.27. The highest BCUT2D eigenvalue weighted by Gasteiger charge is 2.28. The van der Waals surface area contributed by atoms with Gasteiger partial charge in [0, 0.05) is 11.6 Å². The molecule has 0 spiro atoms. The van der Waals surface area contributed by atoms with Gasteiger partial charge in [-0.25, -0.2) is 0 Å². The summed E-state index contributed by atoms with van der Waals surface area (Å²) in [6, 6.07) is 5.27. The molecule has 0 unspecified atom stereocenters. The summed E-state index contributed by atoms with van der Waals surface area (Å²) in [7, 11) is 0. The second-order valence-corrected chi connectivity index (χ2v) is 5.30. The molecule has 0 atom stereocenters. The van der Waals surface area contributed by atoms with Gasteiger partial charge in [-0.1, -0.05) is 23.2 Å². The standard InChI is InChI=1S/C12H16Cl2N2O/c13-9-1-2-10(14)11(7-9)16-8-12(17)3-5-15-6-4-12/h1-2,7,15-17H,3-6,8H2. The summed E-state index contributed by atoms with van der Waals surface area (Å²) in [6.07, 6.45) is 1.50. The Hall–Kier alpha value is -0.480. The molecule has 5 heteroatoms. The van der Waals surface area contributed by atoms with E-state index in [0.29, 0.717) is 16.6 Å². The van der Waals surface area contributed by atoms with Crippen LogP contribution in [0.1, 0.15) is 12.8 Å². The van der Waals surface area contributed by atoms with Gasteiger partial charge in [-0.2, -0.15) is 0 Å². The van der Waals surface area contributed by atoms with E-state index in [4.69, 9.17) is 23.2 Å². The third-order valence-electron chi connectivity index (χ3n) is 3.07.